The number of carbonyl (C=O) groups excluding carboxylic acids is 3. The van der Waals surface area contributed by atoms with Crippen molar-refractivity contribution in [3.05, 3.63) is 127 Å². The Labute approximate surface area is 457 Å². The van der Waals surface area contributed by atoms with E-state index in [0.29, 0.717) is 53.5 Å². The molecule has 2 aliphatic carbocycles. The second kappa shape index (κ2) is 26.4. The molecular weight excluding hydrogens is 1100 g/mol. The van der Waals surface area contributed by atoms with Gasteiger partial charge in [-0.3, -0.25) is 9.59 Å². The van der Waals surface area contributed by atoms with Gasteiger partial charge in [0.25, 0.3) is 11.8 Å². The van der Waals surface area contributed by atoms with E-state index in [0.717, 1.165) is 49.7 Å². The number of carboxylic acids is 1. The second-order valence-electron chi connectivity index (χ2n) is 18.6. The molecule has 0 radical (unpaired) electrons. The predicted octanol–water partition coefficient (Wildman–Crippen LogP) is 10.4. The number of hydrogen-bond donors (Lipinski definition) is 5. The molecule has 2 fully saturated rings. The van der Waals surface area contributed by atoms with Gasteiger partial charge in [0.2, 0.25) is 0 Å². The molecule has 0 aromatic heterocycles. The number of halogens is 4. The highest BCUT2D eigenvalue weighted by atomic mass is 35.5. The van der Waals surface area contributed by atoms with E-state index in [2.05, 4.69) is 21.3 Å². The highest BCUT2D eigenvalue weighted by Gasteiger charge is 2.43. The molecule has 22 heteroatoms. The Kier molecular flexibility index (Phi) is 21.5. The minimum absolute atomic E-state index is 0.0886. The van der Waals surface area contributed by atoms with Crippen molar-refractivity contribution in [2.24, 2.45) is 10.8 Å². The van der Waals surface area contributed by atoms with E-state index in [9.17, 15) is 41.1 Å². The van der Waals surface area contributed by atoms with Gasteiger partial charge in [-0.05, 0) is 111 Å². The van der Waals surface area contributed by atoms with Crippen LogP contribution >= 0.6 is 70.8 Å². The number of hydrogen-bond acceptors (Lipinski definition) is 11. The zero-order valence-corrected chi connectivity index (χ0v) is 46.7. The number of amides is 2. The van der Waals surface area contributed by atoms with Crippen LogP contribution in [0.1, 0.15) is 96.1 Å². The highest BCUT2D eigenvalue weighted by molar-refractivity contribution is 7.90. The molecule has 0 unspecified atom stereocenters. The lowest BCUT2D eigenvalue weighted by Gasteiger charge is -2.43. The average Bonchev–Trinajstić information content (AvgIpc) is 3.28. The van der Waals surface area contributed by atoms with Crippen LogP contribution < -0.4 is 21.3 Å². The molecule has 5 N–H and O–H groups in total. The number of methoxy groups -OCH3 is 1. The van der Waals surface area contributed by atoms with Crippen LogP contribution in [0.3, 0.4) is 0 Å². The summed E-state index contributed by atoms with van der Waals surface area (Å²) < 4.78 is 51.1. The molecule has 4 aromatic rings. The molecule has 0 heterocycles. The Bertz CT molecular complexity index is 2860. The smallest absolute Gasteiger partial charge is 0.328 e. The first-order chi connectivity index (χ1) is 34.3. The van der Waals surface area contributed by atoms with E-state index in [4.69, 9.17) is 75.6 Å². The fraction of sp³-hybridized carbons (Fsp3) is 0.412. The summed E-state index contributed by atoms with van der Waals surface area (Å²) in [7, 11) is -4.78. The molecule has 2 saturated carbocycles. The molecular formula is C51H58Cl4N4O10S4. The predicted molar refractivity (Wildman–Crippen MR) is 298 cm³/mol. The standard InChI is InChI=1S/C26H30Cl2N2O5S2.C25H28Cl2N2O5S2/c1-35-24(32)21(30-25(36)26(12-4-13-26)14-5-15-37(2,33)34)16-17-8-10-18(11-9-17)29-23(31)22-19(27)6-3-7-20(22)28;1-36(33,34)14-4-13-25(11-3-12-25)24(35)29-20(23(31)32)15-16-7-9-17(10-8-16)28-22(30)21-18(26)5-2-6-19(21)27/h3,6-11,21H,4-5,12-16H2,1-2H3,(H,29,31)(H,30,36);2,5-10,20H,3-4,11-15H2,1H3,(H,28,30)(H,29,35)(H,31,32)/t21-;20-/m00/s1. The van der Waals surface area contributed by atoms with E-state index >= 15 is 0 Å². The van der Waals surface area contributed by atoms with Gasteiger partial charge in [0, 0.05) is 59.1 Å². The number of ether oxygens (including phenoxy) is 1. The molecule has 0 saturated heterocycles. The zero-order chi connectivity index (χ0) is 53.7. The van der Waals surface area contributed by atoms with Gasteiger partial charge in [0.1, 0.15) is 31.8 Å². The maximum Gasteiger partial charge on any atom is 0.328 e. The molecule has 4 aromatic carbocycles. The summed E-state index contributed by atoms with van der Waals surface area (Å²) in [6, 6.07) is 21.9. The van der Waals surface area contributed by atoms with Crippen molar-refractivity contribution >= 4 is 136 Å². The molecule has 0 aliphatic heterocycles. The van der Waals surface area contributed by atoms with Crippen LogP contribution in [0.25, 0.3) is 0 Å². The molecule has 0 bridgehead atoms. The summed E-state index contributed by atoms with van der Waals surface area (Å²) in [6.07, 6.45) is 10.6. The van der Waals surface area contributed by atoms with Gasteiger partial charge in [-0.1, -0.05) is 120 Å². The number of rotatable bonds is 22. The summed E-state index contributed by atoms with van der Waals surface area (Å²) in [5, 5.41) is 22.5. The third-order valence-corrected chi connectivity index (χ3v) is 17.4. The van der Waals surface area contributed by atoms with Crippen LogP contribution in [-0.4, -0.2) is 98.9 Å². The number of thiocarbonyl (C=S) groups is 2. The number of anilines is 2. The third kappa shape index (κ3) is 17.3. The van der Waals surface area contributed by atoms with Crippen molar-refractivity contribution in [2.45, 2.75) is 89.1 Å². The topological polar surface area (TPSA) is 214 Å². The molecule has 6 rings (SSSR count). The minimum Gasteiger partial charge on any atom is -0.480 e. The summed E-state index contributed by atoms with van der Waals surface area (Å²) in [6.45, 7) is 0. The molecule has 2 atom stereocenters. The Hall–Kier alpha value is -4.40. The normalized spacial score (nSPS) is 15.3. The van der Waals surface area contributed by atoms with Crippen LogP contribution in [0.4, 0.5) is 11.4 Å². The number of aliphatic carboxylic acids is 1. The lowest BCUT2D eigenvalue weighted by molar-refractivity contribution is -0.142. The van der Waals surface area contributed by atoms with Gasteiger partial charge in [-0.15, -0.1) is 0 Å². The van der Waals surface area contributed by atoms with Crippen LogP contribution in [-0.2, 0) is 46.8 Å². The van der Waals surface area contributed by atoms with Crippen molar-refractivity contribution in [3.63, 3.8) is 0 Å². The third-order valence-electron chi connectivity index (χ3n) is 13.0. The van der Waals surface area contributed by atoms with Gasteiger partial charge >= 0.3 is 11.9 Å². The van der Waals surface area contributed by atoms with Gasteiger partial charge < -0.3 is 31.1 Å². The van der Waals surface area contributed by atoms with E-state index < -0.39 is 55.5 Å². The second-order valence-corrected chi connectivity index (χ2v) is 25.5. The number of nitrogens with one attached hydrogen (secondary N) is 4. The summed E-state index contributed by atoms with van der Waals surface area (Å²) in [4.78, 5) is 50.8. The maximum absolute atomic E-state index is 12.6. The van der Waals surface area contributed by atoms with E-state index in [1.165, 1.54) is 19.6 Å². The summed E-state index contributed by atoms with van der Waals surface area (Å²) in [5.41, 5.74) is 2.36. The number of sulfone groups is 2. The van der Waals surface area contributed by atoms with Gasteiger partial charge in [-0.25, -0.2) is 26.4 Å². The Morgan fingerprint density at radius 1 is 0.603 bits per heavy atom. The SMILES string of the molecule is COC(=O)[C@H](Cc1ccc(NC(=O)c2c(Cl)cccc2Cl)cc1)NC(=S)C1(CCCS(C)(=O)=O)CCC1.CS(=O)(=O)CCCC1(C(=S)N[C@@H](Cc2ccc(NC(=O)c3c(Cl)cccc3Cl)cc2)C(=O)O)CCC1. The lowest BCUT2D eigenvalue weighted by Crippen LogP contribution is -2.51. The quantitative estimate of drug-likeness (QED) is 0.0366. The summed E-state index contributed by atoms with van der Waals surface area (Å²) >= 11 is 35.7. The maximum atomic E-state index is 12.6. The van der Waals surface area contributed by atoms with Crippen LogP contribution in [0.2, 0.25) is 20.1 Å². The Morgan fingerprint density at radius 3 is 1.25 bits per heavy atom. The zero-order valence-electron chi connectivity index (χ0n) is 40.4. The molecule has 14 nitrogen and oxygen atoms in total. The number of carbonyl (C=O) groups is 4. The monoisotopic (exact) mass is 1150 g/mol. The van der Waals surface area contributed by atoms with Crippen molar-refractivity contribution < 1.29 is 45.9 Å². The first-order valence-electron chi connectivity index (χ1n) is 23.3. The fourth-order valence-corrected chi connectivity index (χ4v) is 12.0. The van der Waals surface area contributed by atoms with E-state index in [1.54, 1.807) is 84.9 Å². The average molecular weight is 1160 g/mol. The van der Waals surface area contributed by atoms with E-state index in [1.807, 2.05) is 0 Å². The van der Waals surface area contributed by atoms with Crippen molar-refractivity contribution in [2.75, 3.05) is 41.8 Å². The molecule has 2 aliphatic rings. The summed E-state index contributed by atoms with van der Waals surface area (Å²) in [5.74, 6) is -2.15. The van der Waals surface area contributed by atoms with Crippen LogP contribution in [0, 0.1) is 10.8 Å². The largest absolute Gasteiger partial charge is 0.480 e. The van der Waals surface area contributed by atoms with E-state index in [-0.39, 0.29) is 60.0 Å². The Balaban J connectivity index is 0.000000271. The Morgan fingerprint density at radius 2 is 0.945 bits per heavy atom. The number of esters is 1. The molecule has 0 spiro atoms. The van der Waals surface area contributed by atoms with Crippen molar-refractivity contribution in [1.82, 2.24) is 10.6 Å². The number of carboxylic acid groups (broad SMARTS) is 1. The van der Waals surface area contributed by atoms with Gasteiger partial charge in [-0.2, -0.15) is 0 Å². The first-order valence-corrected chi connectivity index (χ1v) is 29.8. The molecule has 394 valence electrons. The lowest BCUT2D eigenvalue weighted by atomic mass is 9.66. The van der Waals surface area contributed by atoms with Gasteiger partial charge in [0.15, 0.2) is 0 Å². The van der Waals surface area contributed by atoms with Crippen molar-refractivity contribution in [3.8, 4) is 0 Å². The minimum atomic E-state index is -3.06. The number of benzene rings is 4. The fourth-order valence-electron chi connectivity index (χ4n) is 8.63. The van der Waals surface area contributed by atoms with Crippen molar-refractivity contribution in [1.29, 1.82) is 0 Å². The van der Waals surface area contributed by atoms with Crippen LogP contribution in [0.15, 0.2) is 84.9 Å². The first kappa shape index (κ1) is 59.5. The molecule has 73 heavy (non-hydrogen) atoms. The van der Waals surface area contributed by atoms with Gasteiger partial charge in [0.05, 0.1) is 48.3 Å². The molecule has 2 amide bonds. The van der Waals surface area contributed by atoms with Crippen LogP contribution in [0.5, 0.6) is 0 Å². The highest BCUT2D eigenvalue weighted by Crippen LogP contribution is 2.47.